The number of rotatable bonds is 8. The first-order chi connectivity index (χ1) is 9.81. The number of hydrogen-bond donors (Lipinski definition) is 2. The number of methoxy groups -OCH3 is 1. The largest absolute Gasteiger partial charge is 0.495 e. The van der Waals surface area contributed by atoms with E-state index < -0.39 is 14.9 Å². The van der Waals surface area contributed by atoms with E-state index in [1.54, 1.807) is 6.92 Å². The third-order valence-electron chi connectivity index (χ3n) is 2.89. The molecule has 0 amide bonds. The summed E-state index contributed by atoms with van der Waals surface area (Å²) in [6.07, 6.45) is 0.453. The van der Waals surface area contributed by atoms with Crippen LogP contribution in [0.1, 0.15) is 13.3 Å². The lowest BCUT2D eigenvalue weighted by atomic mass is 10.1. The molecular formula is C12H18N2O6S. The average Bonchev–Trinajstić information content (AvgIpc) is 2.44. The van der Waals surface area contributed by atoms with Crippen LogP contribution in [-0.2, 0) is 10.0 Å². The minimum Gasteiger partial charge on any atom is -0.495 e. The first kappa shape index (κ1) is 17.3. The molecule has 0 bridgehead atoms. The van der Waals surface area contributed by atoms with Gasteiger partial charge in [-0.2, -0.15) is 0 Å². The van der Waals surface area contributed by atoms with Crippen molar-refractivity contribution >= 4 is 15.7 Å². The molecule has 2 N–H and O–H groups in total. The normalized spacial score (nSPS) is 12.9. The molecular weight excluding hydrogens is 300 g/mol. The molecule has 0 saturated heterocycles. The molecule has 0 saturated carbocycles. The van der Waals surface area contributed by atoms with Gasteiger partial charge in [0.05, 0.1) is 12.0 Å². The summed E-state index contributed by atoms with van der Waals surface area (Å²) in [5.74, 6) is -0.0302. The Balaban J connectivity index is 3.05. The fraction of sp³-hybridized carbons (Fsp3) is 0.500. The summed E-state index contributed by atoms with van der Waals surface area (Å²) in [7, 11) is -2.65. The van der Waals surface area contributed by atoms with Crippen LogP contribution in [0.25, 0.3) is 0 Å². The maximum absolute atomic E-state index is 12.2. The van der Waals surface area contributed by atoms with Gasteiger partial charge in [-0.1, -0.05) is 6.92 Å². The fourth-order valence-corrected chi connectivity index (χ4v) is 2.99. The van der Waals surface area contributed by atoms with Crippen LogP contribution in [0, 0.1) is 16.0 Å². The molecule has 9 heteroatoms. The molecule has 0 aromatic heterocycles. The Labute approximate surface area is 122 Å². The van der Waals surface area contributed by atoms with Crippen molar-refractivity contribution in [2.75, 3.05) is 20.3 Å². The second-order valence-corrected chi connectivity index (χ2v) is 6.30. The number of nitro benzene ring substituents is 1. The van der Waals surface area contributed by atoms with Crippen LogP contribution in [-0.4, -0.2) is 38.7 Å². The van der Waals surface area contributed by atoms with Gasteiger partial charge in [-0.25, -0.2) is 13.1 Å². The summed E-state index contributed by atoms with van der Waals surface area (Å²) >= 11 is 0. The maximum atomic E-state index is 12.2. The molecule has 0 aliphatic carbocycles. The summed E-state index contributed by atoms with van der Waals surface area (Å²) in [5, 5.41) is 19.5. The Kier molecular flexibility index (Phi) is 6.06. The Hall–Kier alpha value is -1.71. The molecule has 0 aliphatic heterocycles. The van der Waals surface area contributed by atoms with E-state index in [1.165, 1.54) is 19.2 Å². The van der Waals surface area contributed by atoms with E-state index in [1.807, 2.05) is 0 Å². The highest BCUT2D eigenvalue weighted by atomic mass is 32.2. The summed E-state index contributed by atoms with van der Waals surface area (Å²) in [5.41, 5.74) is -0.334. The number of non-ortho nitro benzene ring substituents is 1. The zero-order valence-corrected chi connectivity index (χ0v) is 12.6. The van der Waals surface area contributed by atoms with Gasteiger partial charge in [0.15, 0.2) is 0 Å². The molecule has 21 heavy (non-hydrogen) atoms. The van der Waals surface area contributed by atoms with Gasteiger partial charge < -0.3 is 9.84 Å². The Morgan fingerprint density at radius 3 is 2.67 bits per heavy atom. The minimum absolute atomic E-state index is 0.0305. The van der Waals surface area contributed by atoms with Crippen molar-refractivity contribution in [3.63, 3.8) is 0 Å². The average molecular weight is 318 g/mol. The number of nitrogens with one attached hydrogen (secondary N) is 1. The summed E-state index contributed by atoms with van der Waals surface area (Å²) in [4.78, 5) is 9.80. The zero-order valence-electron chi connectivity index (χ0n) is 11.8. The standard InChI is InChI=1S/C12H18N2O6S/c1-9(5-6-15)8-13-21(18,19)12-7-10(14(16)17)3-4-11(12)20-2/h3-4,7,9,13,15H,5-6,8H2,1-2H3. The van der Waals surface area contributed by atoms with E-state index in [0.29, 0.717) is 6.42 Å². The molecule has 1 aromatic carbocycles. The molecule has 0 radical (unpaired) electrons. The Morgan fingerprint density at radius 2 is 2.14 bits per heavy atom. The maximum Gasteiger partial charge on any atom is 0.271 e. The molecule has 8 nitrogen and oxygen atoms in total. The molecule has 0 heterocycles. The molecule has 1 unspecified atom stereocenters. The molecule has 1 rings (SSSR count). The first-order valence-corrected chi connectivity index (χ1v) is 7.73. The van der Waals surface area contributed by atoms with Crippen LogP contribution in [0.2, 0.25) is 0 Å². The SMILES string of the molecule is COc1ccc([N+](=O)[O-])cc1S(=O)(=O)NCC(C)CCO. The predicted octanol–water partition coefficient (Wildman–Crippen LogP) is 0.900. The van der Waals surface area contributed by atoms with E-state index >= 15 is 0 Å². The van der Waals surface area contributed by atoms with Crippen molar-refractivity contribution in [3.8, 4) is 5.75 Å². The van der Waals surface area contributed by atoms with Crippen LogP contribution in [0.4, 0.5) is 5.69 Å². The van der Waals surface area contributed by atoms with Gasteiger partial charge in [-0.15, -0.1) is 0 Å². The van der Waals surface area contributed by atoms with Crippen LogP contribution >= 0.6 is 0 Å². The van der Waals surface area contributed by atoms with Crippen LogP contribution < -0.4 is 9.46 Å². The van der Waals surface area contributed by atoms with Crippen molar-refractivity contribution in [1.29, 1.82) is 0 Å². The Morgan fingerprint density at radius 1 is 1.48 bits per heavy atom. The van der Waals surface area contributed by atoms with Crippen LogP contribution in [0.15, 0.2) is 23.1 Å². The quantitative estimate of drug-likeness (QED) is 0.543. The molecule has 1 aromatic rings. The van der Waals surface area contributed by atoms with Gasteiger partial charge in [0.2, 0.25) is 10.0 Å². The number of hydrogen-bond acceptors (Lipinski definition) is 6. The van der Waals surface area contributed by atoms with Gasteiger partial charge in [-0.3, -0.25) is 10.1 Å². The molecule has 1 atom stereocenters. The van der Waals surface area contributed by atoms with Crippen LogP contribution in [0.3, 0.4) is 0 Å². The third kappa shape index (κ3) is 4.66. The van der Waals surface area contributed by atoms with Crippen molar-refractivity contribution in [3.05, 3.63) is 28.3 Å². The van der Waals surface area contributed by atoms with E-state index in [-0.39, 0.29) is 35.4 Å². The monoisotopic (exact) mass is 318 g/mol. The molecule has 0 aliphatic rings. The summed E-state index contributed by atoms with van der Waals surface area (Å²) < 4.78 is 31.7. The van der Waals surface area contributed by atoms with Crippen molar-refractivity contribution in [2.45, 2.75) is 18.2 Å². The number of nitro groups is 1. The van der Waals surface area contributed by atoms with Gasteiger partial charge in [0.25, 0.3) is 5.69 Å². The number of sulfonamides is 1. The number of benzene rings is 1. The topological polar surface area (TPSA) is 119 Å². The highest BCUT2D eigenvalue weighted by molar-refractivity contribution is 7.89. The predicted molar refractivity (Wildman–Crippen MR) is 75.7 cm³/mol. The third-order valence-corrected chi connectivity index (χ3v) is 4.34. The van der Waals surface area contributed by atoms with Gasteiger partial charge in [0.1, 0.15) is 10.6 Å². The van der Waals surface area contributed by atoms with E-state index in [0.717, 1.165) is 6.07 Å². The lowest BCUT2D eigenvalue weighted by Gasteiger charge is -2.13. The fourth-order valence-electron chi connectivity index (χ4n) is 1.64. The Bertz CT molecular complexity index is 602. The number of aliphatic hydroxyl groups is 1. The van der Waals surface area contributed by atoms with Gasteiger partial charge in [-0.05, 0) is 18.4 Å². The minimum atomic E-state index is -3.93. The van der Waals surface area contributed by atoms with Crippen molar-refractivity contribution in [1.82, 2.24) is 4.72 Å². The van der Waals surface area contributed by atoms with Crippen molar-refractivity contribution in [2.24, 2.45) is 5.92 Å². The van der Waals surface area contributed by atoms with Crippen LogP contribution in [0.5, 0.6) is 5.75 Å². The smallest absolute Gasteiger partial charge is 0.271 e. The second-order valence-electron chi connectivity index (χ2n) is 4.56. The van der Waals surface area contributed by atoms with E-state index in [2.05, 4.69) is 4.72 Å². The zero-order chi connectivity index (χ0) is 16.0. The van der Waals surface area contributed by atoms with Gasteiger partial charge in [0, 0.05) is 25.3 Å². The van der Waals surface area contributed by atoms with Gasteiger partial charge >= 0.3 is 0 Å². The number of nitrogens with zero attached hydrogens (tertiary/aromatic N) is 1. The second kappa shape index (κ2) is 7.34. The first-order valence-electron chi connectivity index (χ1n) is 6.24. The van der Waals surface area contributed by atoms with Crippen molar-refractivity contribution < 1.29 is 23.2 Å². The van der Waals surface area contributed by atoms with E-state index in [4.69, 9.17) is 9.84 Å². The number of ether oxygens (including phenoxy) is 1. The number of aliphatic hydroxyl groups excluding tert-OH is 1. The summed E-state index contributed by atoms with van der Waals surface area (Å²) in [6.45, 7) is 1.86. The lowest BCUT2D eigenvalue weighted by molar-refractivity contribution is -0.385. The lowest BCUT2D eigenvalue weighted by Crippen LogP contribution is -2.29. The molecule has 0 fully saturated rings. The molecule has 0 spiro atoms. The highest BCUT2D eigenvalue weighted by Crippen LogP contribution is 2.28. The highest BCUT2D eigenvalue weighted by Gasteiger charge is 2.23. The molecule has 118 valence electrons. The summed E-state index contributed by atoms with van der Waals surface area (Å²) in [6, 6.07) is 3.37. The van der Waals surface area contributed by atoms with E-state index in [9.17, 15) is 18.5 Å².